The Hall–Kier alpha value is -1.31. The van der Waals surface area contributed by atoms with Gasteiger partial charge in [0.1, 0.15) is 0 Å². The van der Waals surface area contributed by atoms with Crippen LogP contribution in [-0.4, -0.2) is 23.4 Å². The summed E-state index contributed by atoms with van der Waals surface area (Å²) in [5.41, 5.74) is 1.97. The topological polar surface area (TPSA) is 20.3 Å². The summed E-state index contributed by atoms with van der Waals surface area (Å²) in [4.78, 5) is 14.1. The lowest BCUT2D eigenvalue weighted by Crippen LogP contribution is -2.32. The van der Waals surface area contributed by atoms with Crippen LogP contribution in [0.15, 0.2) is 24.3 Å². The number of carbonyl (C=O) groups excluding carboxylic acids is 1. The molecule has 2 heteroatoms. The molecule has 0 aromatic heterocycles. The molecule has 1 aliphatic carbocycles. The number of benzene rings is 1. The molecule has 0 spiro atoms. The first-order valence-electron chi connectivity index (χ1n) is 5.60. The summed E-state index contributed by atoms with van der Waals surface area (Å²) in [7, 11) is 0. The second-order valence-electron chi connectivity index (χ2n) is 4.19. The summed E-state index contributed by atoms with van der Waals surface area (Å²) in [6.07, 6.45) is 2.34. The molecule has 0 atom stereocenters. The number of carbonyl (C=O) groups is 1. The van der Waals surface area contributed by atoms with Gasteiger partial charge in [0.15, 0.2) is 0 Å². The number of rotatable bonds is 3. The monoisotopic (exact) mass is 203 g/mol. The van der Waals surface area contributed by atoms with Gasteiger partial charge in [-0.15, -0.1) is 0 Å². The van der Waals surface area contributed by atoms with Gasteiger partial charge in [-0.2, -0.15) is 0 Å². The standard InChI is InChI=1S/C13H17NO/c1-3-14(12-7-8-12)13(15)11-6-4-5-10(2)9-11/h4-6,9,12H,3,7-8H2,1-2H3. The van der Waals surface area contributed by atoms with Crippen LogP contribution in [0.1, 0.15) is 35.7 Å². The van der Waals surface area contributed by atoms with Crippen molar-refractivity contribution in [3.05, 3.63) is 35.4 Å². The first kappa shape index (κ1) is 10.2. The Morgan fingerprint density at radius 2 is 2.20 bits per heavy atom. The van der Waals surface area contributed by atoms with Gasteiger partial charge in [-0.25, -0.2) is 0 Å². The van der Waals surface area contributed by atoms with Crippen molar-refractivity contribution in [2.45, 2.75) is 32.7 Å². The van der Waals surface area contributed by atoms with E-state index in [1.807, 2.05) is 43.0 Å². The molecule has 80 valence electrons. The molecule has 1 saturated carbocycles. The molecule has 1 aromatic rings. The Kier molecular flexibility index (Phi) is 2.76. The van der Waals surface area contributed by atoms with Gasteiger partial charge in [-0.05, 0) is 38.8 Å². The minimum atomic E-state index is 0.184. The van der Waals surface area contributed by atoms with Crippen molar-refractivity contribution >= 4 is 5.91 Å². The maximum Gasteiger partial charge on any atom is 0.254 e. The highest BCUT2D eigenvalue weighted by atomic mass is 16.2. The molecule has 2 nitrogen and oxygen atoms in total. The van der Waals surface area contributed by atoms with Crippen molar-refractivity contribution in [1.29, 1.82) is 0 Å². The highest BCUT2D eigenvalue weighted by molar-refractivity contribution is 5.94. The van der Waals surface area contributed by atoms with Crippen molar-refractivity contribution < 1.29 is 4.79 Å². The molecule has 0 N–H and O–H groups in total. The van der Waals surface area contributed by atoms with E-state index in [0.29, 0.717) is 6.04 Å². The number of hydrogen-bond acceptors (Lipinski definition) is 1. The third-order valence-electron chi connectivity index (χ3n) is 2.85. The summed E-state index contributed by atoms with van der Waals surface area (Å²) >= 11 is 0. The van der Waals surface area contributed by atoms with Gasteiger partial charge < -0.3 is 4.90 Å². The minimum Gasteiger partial charge on any atom is -0.336 e. The van der Waals surface area contributed by atoms with Crippen molar-refractivity contribution in [3.63, 3.8) is 0 Å². The van der Waals surface area contributed by atoms with E-state index in [0.717, 1.165) is 17.7 Å². The highest BCUT2D eigenvalue weighted by Crippen LogP contribution is 2.27. The predicted octanol–water partition coefficient (Wildman–Crippen LogP) is 2.62. The molecule has 0 unspecified atom stereocenters. The van der Waals surface area contributed by atoms with Gasteiger partial charge in [0, 0.05) is 18.2 Å². The molecule has 0 heterocycles. The van der Waals surface area contributed by atoms with E-state index in [1.165, 1.54) is 12.8 Å². The Labute approximate surface area is 90.9 Å². The lowest BCUT2D eigenvalue weighted by molar-refractivity contribution is 0.0752. The second kappa shape index (κ2) is 4.05. The summed E-state index contributed by atoms with van der Waals surface area (Å²) in [6.45, 7) is 4.88. The molecule has 1 aromatic carbocycles. The quantitative estimate of drug-likeness (QED) is 0.739. The molecule has 2 rings (SSSR count). The first-order valence-corrected chi connectivity index (χ1v) is 5.60. The molecular weight excluding hydrogens is 186 g/mol. The van der Waals surface area contributed by atoms with E-state index < -0.39 is 0 Å². The van der Waals surface area contributed by atoms with E-state index >= 15 is 0 Å². The third-order valence-corrected chi connectivity index (χ3v) is 2.85. The molecular formula is C13H17NO. The maximum absolute atomic E-state index is 12.1. The van der Waals surface area contributed by atoms with Gasteiger partial charge in [0.05, 0.1) is 0 Å². The van der Waals surface area contributed by atoms with Gasteiger partial charge in [-0.1, -0.05) is 17.7 Å². The van der Waals surface area contributed by atoms with Crippen molar-refractivity contribution in [3.8, 4) is 0 Å². The van der Waals surface area contributed by atoms with Gasteiger partial charge in [-0.3, -0.25) is 4.79 Å². The van der Waals surface area contributed by atoms with E-state index in [-0.39, 0.29) is 5.91 Å². The minimum absolute atomic E-state index is 0.184. The molecule has 1 amide bonds. The molecule has 0 radical (unpaired) electrons. The average molecular weight is 203 g/mol. The van der Waals surface area contributed by atoms with Gasteiger partial charge in [0.25, 0.3) is 5.91 Å². The Morgan fingerprint density at radius 1 is 1.47 bits per heavy atom. The first-order chi connectivity index (χ1) is 7.22. The zero-order valence-corrected chi connectivity index (χ0v) is 9.36. The van der Waals surface area contributed by atoms with Crippen LogP contribution in [0.2, 0.25) is 0 Å². The van der Waals surface area contributed by atoms with Crippen LogP contribution < -0.4 is 0 Å². The number of aryl methyl sites for hydroxylation is 1. The van der Waals surface area contributed by atoms with Crippen LogP contribution in [0.25, 0.3) is 0 Å². The van der Waals surface area contributed by atoms with Crippen LogP contribution in [0.3, 0.4) is 0 Å². The molecule has 1 aliphatic rings. The summed E-state index contributed by atoms with van der Waals surface area (Å²) < 4.78 is 0. The maximum atomic E-state index is 12.1. The molecule has 0 bridgehead atoms. The lowest BCUT2D eigenvalue weighted by atomic mass is 10.1. The Morgan fingerprint density at radius 3 is 2.73 bits per heavy atom. The Bertz CT molecular complexity index is 369. The zero-order valence-electron chi connectivity index (χ0n) is 9.36. The number of nitrogens with zero attached hydrogens (tertiary/aromatic N) is 1. The number of hydrogen-bond donors (Lipinski definition) is 0. The van der Waals surface area contributed by atoms with E-state index in [4.69, 9.17) is 0 Å². The van der Waals surface area contributed by atoms with Crippen molar-refractivity contribution in [2.75, 3.05) is 6.54 Å². The predicted molar refractivity (Wildman–Crippen MR) is 60.9 cm³/mol. The second-order valence-corrected chi connectivity index (χ2v) is 4.19. The third kappa shape index (κ3) is 2.20. The van der Waals surface area contributed by atoms with Crippen molar-refractivity contribution in [2.24, 2.45) is 0 Å². The number of amides is 1. The zero-order chi connectivity index (χ0) is 10.8. The molecule has 15 heavy (non-hydrogen) atoms. The normalized spacial score (nSPS) is 15.1. The fraction of sp³-hybridized carbons (Fsp3) is 0.462. The Balaban J connectivity index is 2.18. The summed E-state index contributed by atoms with van der Waals surface area (Å²) in [5.74, 6) is 0.184. The van der Waals surface area contributed by atoms with Gasteiger partial charge >= 0.3 is 0 Å². The molecule has 0 saturated heterocycles. The SMILES string of the molecule is CCN(C(=O)c1cccc(C)c1)C1CC1. The van der Waals surface area contributed by atoms with Crippen LogP contribution in [0.5, 0.6) is 0 Å². The average Bonchev–Trinajstić information content (AvgIpc) is 3.03. The smallest absolute Gasteiger partial charge is 0.254 e. The van der Waals surface area contributed by atoms with Crippen LogP contribution in [0.4, 0.5) is 0 Å². The highest BCUT2D eigenvalue weighted by Gasteiger charge is 2.31. The van der Waals surface area contributed by atoms with E-state index in [9.17, 15) is 4.79 Å². The fourth-order valence-corrected chi connectivity index (χ4v) is 1.90. The van der Waals surface area contributed by atoms with Crippen LogP contribution in [-0.2, 0) is 0 Å². The van der Waals surface area contributed by atoms with E-state index in [2.05, 4.69) is 0 Å². The van der Waals surface area contributed by atoms with Crippen molar-refractivity contribution in [1.82, 2.24) is 4.90 Å². The van der Waals surface area contributed by atoms with Crippen LogP contribution in [0, 0.1) is 6.92 Å². The van der Waals surface area contributed by atoms with E-state index in [1.54, 1.807) is 0 Å². The molecule has 0 aliphatic heterocycles. The summed E-state index contributed by atoms with van der Waals surface area (Å²) in [6, 6.07) is 8.34. The largest absolute Gasteiger partial charge is 0.336 e. The molecule has 1 fully saturated rings. The van der Waals surface area contributed by atoms with Crippen LogP contribution >= 0.6 is 0 Å². The lowest BCUT2D eigenvalue weighted by Gasteiger charge is -2.20. The fourth-order valence-electron chi connectivity index (χ4n) is 1.90. The van der Waals surface area contributed by atoms with Gasteiger partial charge in [0.2, 0.25) is 0 Å². The summed E-state index contributed by atoms with van der Waals surface area (Å²) in [5, 5.41) is 0.